The zero-order chi connectivity index (χ0) is 14.4. The van der Waals surface area contributed by atoms with Crippen LogP contribution in [0.1, 0.15) is 22.0 Å². The van der Waals surface area contributed by atoms with Crippen LogP contribution in [-0.2, 0) is 0 Å². The Morgan fingerprint density at radius 2 is 1.80 bits per heavy atom. The Bertz CT molecular complexity index is 552. The molecule has 0 spiro atoms. The summed E-state index contributed by atoms with van der Waals surface area (Å²) in [5, 5.41) is 12.7. The van der Waals surface area contributed by atoms with Gasteiger partial charge in [-0.25, -0.2) is 0 Å². The Balaban J connectivity index is 1.91. The molecule has 2 aromatic carbocycles. The molecule has 2 rings (SSSR count). The summed E-state index contributed by atoms with van der Waals surface area (Å²) in [7, 11) is 1.57. The van der Waals surface area contributed by atoms with Gasteiger partial charge in [0.1, 0.15) is 5.75 Å². The molecule has 0 bridgehead atoms. The first-order valence-corrected chi connectivity index (χ1v) is 6.36. The van der Waals surface area contributed by atoms with Crippen LogP contribution in [0.2, 0.25) is 0 Å². The first-order chi connectivity index (χ1) is 9.70. The molecule has 0 heterocycles. The second-order valence-corrected chi connectivity index (χ2v) is 4.37. The Morgan fingerprint density at radius 3 is 2.40 bits per heavy atom. The molecule has 1 unspecified atom stereocenters. The van der Waals surface area contributed by atoms with Crippen LogP contribution in [0, 0.1) is 0 Å². The van der Waals surface area contributed by atoms with Gasteiger partial charge in [-0.2, -0.15) is 0 Å². The Morgan fingerprint density at radius 1 is 1.15 bits per heavy atom. The van der Waals surface area contributed by atoms with E-state index in [4.69, 9.17) is 4.74 Å². The van der Waals surface area contributed by atoms with Gasteiger partial charge in [0.2, 0.25) is 0 Å². The predicted molar refractivity (Wildman–Crippen MR) is 76.7 cm³/mol. The van der Waals surface area contributed by atoms with Crippen molar-refractivity contribution in [2.24, 2.45) is 0 Å². The van der Waals surface area contributed by atoms with E-state index in [0.717, 1.165) is 5.56 Å². The van der Waals surface area contributed by atoms with E-state index in [1.807, 2.05) is 30.3 Å². The summed E-state index contributed by atoms with van der Waals surface area (Å²) < 4.78 is 5.03. The molecule has 1 amide bonds. The third-order valence-electron chi connectivity index (χ3n) is 2.99. The summed E-state index contributed by atoms with van der Waals surface area (Å²) in [6.45, 7) is 0.175. The molecular formula is C16H17NO3. The van der Waals surface area contributed by atoms with E-state index in [1.165, 1.54) is 0 Å². The van der Waals surface area contributed by atoms with Crippen molar-refractivity contribution >= 4 is 5.91 Å². The van der Waals surface area contributed by atoms with Crippen LogP contribution in [0.4, 0.5) is 0 Å². The number of carbonyl (C=O) groups is 1. The third-order valence-corrected chi connectivity index (χ3v) is 2.99. The second-order valence-electron chi connectivity index (χ2n) is 4.37. The zero-order valence-electron chi connectivity index (χ0n) is 11.2. The number of hydrogen-bond acceptors (Lipinski definition) is 3. The van der Waals surface area contributed by atoms with Crippen LogP contribution in [0.3, 0.4) is 0 Å². The topological polar surface area (TPSA) is 58.6 Å². The summed E-state index contributed by atoms with van der Waals surface area (Å²) in [5.41, 5.74) is 1.31. The lowest BCUT2D eigenvalue weighted by Crippen LogP contribution is -2.28. The third kappa shape index (κ3) is 3.59. The smallest absolute Gasteiger partial charge is 0.251 e. The minimum absolute atomic E-state index is 0.175. The molecule has 0 saturated carbocycles. The molecule has 0 aliphatic carbocycles. The van der Waals surface area contributed by atoms with Gasteiger partial charge in [0.05, 0.1) is 13.2 Å². The molecule has 4 nitrogen and oxygen atoms in total. The van der Waals surface area contributed by atoms with Crippen molar-refractivity contribution < 1.29 is 14.6 Å². The first kappa shape index (κ1) is 14.1. The number of ether oxygens (including phenoxy) is 1. The minimum Gasteiger partial charge on any atom is -0.497 e. The van der Waals surface area contributed by atoms with Gasteiger partial charge >= 0.3 is 0 Å². The van der Waals surface area contributed by atoms with Crippen LogP contribution >= 0.6 is 0 Å². The summed E-state index contributed by atoms with van der Waals surface area (Å²) >= 11 is 0. The highest BCUT2D eigenvalue weighted by atomic mass is 16.5. The second kappa shape index (κ2) is 6.73. The number of carbonyl (C=O) groups excluding carboxylic acids is 1. The number of amides is 1. The molecule has 1 atom stereocenters. The molecule has 0 saturated heterocycles. The predicted octanol–water partition coefficient (Wildman–Crippen LogP) is 2.16. The number of hydrogen-bond donors (Lipinski definition) is 2. The van der Waals surface area contributed by atoms with Gasteiger partial charge < -0.3 is 15.2 Å². The number of aliphatic hydroxyl groups excluding tert-OH is 1. The Kier molecular flexibility index (Phi) is 4.74. The monoisotopic (exact) mass is 271 g/mol. The van der Waals surface area contributed by atoms with Gasteiger partial charge in [-0.3, -0.25) is 4.79 Å². The highest BCUT2D eigenvalue weighted by Crippen LogP contribution is 2.13. The van der Waals surface area contributed by atoms with Gasteiger partial charge in [-0.1, -0.05) is 30.3 Å². The van der Waals surface area contributed by atoms with Crippen molar-refractivity contribution in [3.8, 4) is 5.75 Å². The highest BCUT2D eigenvalue weighted by molar-refractivity contribution is 5.94. The Labute approximate surface area is 118 Å². The van der Waals surface area contributed by atoms with Gasteiger partial charge in [0, 0.05) is 12.1 Å². The molecule has 0 fully saturated rings. The van der Waals surface area contributed by atoms with Gasteiger partial charge in [-0.05, 0) is 29.8 Å². The number of benzene rings is 2. The largest absolute Gasteiger partial charge is 0.497 e. The molecule has 104 valence electrons. The summed E-state index contributed by atoms with van der Waals surface area (Å²) in [6, 6.07) is 16.0. The fourth-order valence-electron chi connectivity index (χ4n) is 1.83. The van der Waals surface area contributed by atoms with E-state index in [1.54, 1.807) is 31.4 Å². The van der Waals surface area contributed by atoms with Crippen molar-refractivity contribution in [3.63, 3.8) is 0 Å². The first-order valence-electron chi connectivity index (χ1n) is 6.36. The van der Waals surface area contributed by atoms with E-state index in [9.17, 15) is 9.90 Å². The van der Waals surface area contributed by atoms with Crippen LogP contribution in [0.25, 0.3) is 0 Å². The molecule has 2 aromatic rings. The standard InChI is InChI=1S/C16H17NO3/c1-20-14-9-7-13(8-10-14)16(19)17-11-15(18)12-5-3-2-4-6-12/h2-10,15,18H,11H2,1H3,(H,17,19). The van der Waals surface area contributed by atoms with E-state index >= 15 is 0 Å². The van der Waals surface area contributed by atoms with Crippen LogP contribution < -0.4 is 10.1 Å². The minimum atomic E-state index is -0.710. The molecule has 4 heteroatoms. The molecule has 20 heavy (non-hydrogen) atoms. The van der Waals surface area contributed by atoms with Crippen LogP contribution in [-0.4, -0.2) is 24.7 Å². The molecule has 2 N–H and O–H groups in total. The average Bonchev–Trinajstić information content (AvgIpc) is 2.53. The molecular weight excluding hydrogens is 254 g/mol. The lowest BCUT2D eigenvalue weighted by atomic mass is 10.1. The van der Waals surface area contributed by atoms with E-state index in [0.29, 0.717) is 11.3 Å². The maximum Gasteiger partial charge on any atom is 0.251 e. The van der Waals surface area contributed by atoms with Crippen molar-refractivity contribution in [2.45, 2.75) is 6.10 Å². The summed E-state index contributed by atoms with van der Waals surface area (Å²) in [5.74, 6) is 0.480. The van der Waals surface area contributed by atoms with Gasteiger partial charge in [0.25, 0.3) is 5.91 Å². The molecule has 0 aromatic heterocycles. The number of methoxy groups -OCH3 is 1. The van der Waals surface area contributed by atoms with Gasteiger partial charge in [0.15, 0.2) is 0 Å². The van der Waals surface area contributed by atoms with E-state index in [-0.39, 0.29) is 12.5 Å². The SMILES string of the molecule is COc1ccc(C(=O)NCC(O)c2ccccc2)cc1. The van der Waals surface area contributed by atoms with E-state index in [2.05, 4.69) is 5.32 Å². The lowest BCUT2D eigenvalue weighted by molar-refractivity contribution is 0.0916. The van der Waals surface area contributed by atoms with Crippen molar-refractivity contribution in [1.29, 1.82) is 0 Å². The lowest BCUT2D eigenvalue weighted by Gasteiger charge is -2.12. The average molecular weight is 271 g/mol. The fraction of sp³-hybridized carbons (Fsp3) is 0.188. The fourth-order valence-corrected chi connectivity index (χ4v) is 1.83. The zero-order valence-corrected chi connectivity index (χ0v) is 11.2. The maximum absolute atomic E-state index is 11.9. The normalized spacial score (nSPS) is 11.7. The van der Waals surface area contributed by atoms with Crippen molar-refractivity contribution in [1.82, 2.24) is 5.32 Å². The highest BCUT2D eigenvalue weighted by Gasteiger charge is 2.10. The van der Waals surface area contributed by atoms with Crippen molar-refractivity contribution in [2.75, 3.05) is 13.7 Å². The number of rotatable bonds is 5. The summed E-state index contributed by atoms with van der Waals surface area (Å²) in [6.07, 6.45) is -0.710. The van der Waals surface area contributed by atoms with Crippen LogP contribution in [0.5, 0.6) is 5.75 Å². The molecule has 0 aliphatic rings. The van der Waals surface area contributed by atoms with Gasteiger partial charge in [-0.15, -0.1) is 0 Å². The summed E-state index contributed by atoms with van der Waals surface area (Å²) in [4.78, 5) is 11.9. The van der Waals surface area contributed by atoms with E-state index < -0.39 is 6.10 Å². The number of aliphatic hydroxyl groups is 1. The quantitative estimate of drug-likeness (QED) is 0.876. The maximum atomic E-state index is 11.9. The molecule has 0 radical (unpaired) electrons. The van der Waals surface area contributed by atoms with Crippen LogP contribution in [0.15, 0.2) is 54.6 Å². The van der Waals surface area contributed by atoms with Crippen molar-refractivity contribution in [3.05, 3.63) is 65.7 Å². The molecule has 0 aliphatic heterocycles. The Hall–Kier alpha value is -2.33. The number of nitrogens with one attached hydrogen (secondary N) is 1.